The Balaban J connectivity index is 1.76. The number of ether oxygens (including phenoxy) is 3. The molecule has 0 atom stereocenters. The molecule has 0 aliphatic carbocycles. The Morgan fingerprint density at radius 2 is 1.40 bits per heavy atom. The fourth-order valence-electron chi connectivity index (χ4n) is 2.01. The Labute approximate surface area is 147 Å². The van der Waals surface area contributed by atoms with Crippen LogP contribution in [0.15, 0.2) is 48.5 Å². The van der Waals surface area contributed by atoms with E-state index < -0.39 is 0 Å². The third-order valence-corrected chi connectivity index (χ3v) is 3.19. The summed E-state index contributed by atoms with van der Waals surface area (Å²) in [5.74, 6) is 1.88. The van der Waals surface area contributed by atoms with Gasteiger partial charge < -0.3 is 25.3 Å². The number of hydrogen-bond donors (Lipinski definition) is 2. The molecule has 0 aliphatic rings. The lowest BCUT2D eigenvalue weighted by atomic mass is 10.3. The van der Waals surface area contributed by atoms with Crippen molar-refractivity contribution in [2.45, 2.75) is 13.3 Å². The van der Waals surface area contributed by atoms with E-state index in [1.807, 2.05) is 12.1 Å². The Morgan fingerprint density at radius 1 is 0.880 bits per heavy atom. The highest BCUT2D eigenvalue weighted by molar-refractivity contribution is 5.91. The number of carbonyl (C=O) groups is 1. The van der Waals surface area contributed by atoms with Crippen LogP contribution in [0.25, 0.3) is 0 Å². The average molecular weight is 344 g/mol. The highest BCUT2D eigenvalue weighted by Crippen LogP contribution is 2.18. The van der Waals surface area contributed by atoms with Crippen molar-refractivity contribution in [2.24, 2.45) is 5.73 Å². The average Bonchev–Trinajstić information content (AvgIpc) is 2.65. The second kappa shape index (κ2) is 10.2. The first-order chi connectivity index (χ1) is 12.2. The van der Waals surface area contributed by atoms with Crippen molar-refractivity contribution in [3.8, 4) is 17.2 Å². The summed E-state index contributed by atoms with van der Waals surface area (Å²) >= 11 is 0. The van der Waals surface area contributed by atoms with Crippen LogP contribution < -0.4 is 25.3 Å². The Morgan fingerprint density at radius 3 is 1.96 bits per heavy atom. The molecule has 0 spiro atoms. The zero-order valence-electron chi connectivity index (χ0n) is 14.4. The molecule has 2 aromatic carbocycles. The number of carbonyl (C=O) groups excluding carboxylic acids is 1. The van der Waals surface area contributed by atoms with Crippen LogP contribution in [-0.4, -0.2) is 32.3 Å². The maximum atomic E-state index is 11.9. The molecule has 0 fully saturated rings. The Bertz CT molecular complexity index is 641. The highest BCUT2D eigenvalue weighted by Gasteiger charge is 2.04. The third-order valence-electron chi connectivity index (χ3n) is 3.19. The van der Waals surface area contributed by atoms with Gasteiger partial charge in [-0.3, -0.25) is 4.79 Å². The molecular weight excluding hydrogens is 320 g/mol. The molecule has 6 nitrogen and oxygen atoms in total. The second-order valence-electron chi connectivity index (χ2n) is 5.32. The van der Waals surface area contributed by atoms with E-state index in [1.54, 1.807) is 36.4 Å². The van der Waals surface area contributed by atoms with Gasteiger partial charge >= 0.3 is 0 Å². The summed E-state index contributed by atoms with van der Waals surface area (Å²) in [5, 5.41) is 2.77. The van der Waals surface area contributed by atoms with E-state index in [0.29, 0.717) is 36.9 Å². The van der Waals surface area contributed by atoms with Crippen LogP contribution in [0, 0.1) is 0 Å². The second-order valence-corrected chi connectivity index (χ2v) is 5.32. The summed E-state index contributed by atoms with van der Waals surface area (Å²) < 4.78 is 16.3. The number of hydrogen-bond acceptors (Lipinski definition) is 5. The largest absolute Gasteiger partial charge is 0.494 e. The van der Waals surface area contributed by atoms with Gasteiger partial charge in [0.1, 0.15) is 23.9 Å². The van der Waals surface area contributed by atoms with Gasteiger partial charge in [0.25, 0.3) is 5.91 Å². The van der Waals surface area contributed by atoms with Gasteiger partial charge in [-0.25, -0.2) is 0 Å². The molecule has 0 saturated carbocycles. The van der Waals surface area contributed by atoms with Crippen LogP contribution in [-0.2, 0) is 4.79 Å². The van der Waals surface area contributed by atoms with E-state index in [1.165, 1.54) is 0 Å². The fourth-order valence-corrected chi connectivity index (χ4v) is 2.01. The molecule has 0 bridgehead atoms. The summed E-state index contributed by atoms with van der Waals surface area (Å²) in [6.45, 7) is 3.58. The smallest absolute Gasteiger partial charge is 0.262 e. The standard InChI is InChI=1S/C19H24N2O4/c1-2-12-23-17-7-9-18(10-8-17)25-14-19(22)21-15-3-5-16(6-4-15)24-13-11-20/h3-10H,2,11-14,20H2,1H3,(H,21,22). The van der Waals surface area contributed by atoms with Crippen molar-refractivity contribution in [3.63, 3.8) is 0 Å². The van der Waals surface area contributed by atoms with E-state index in [2.05, 4.69) is 12.2 Å². The topological polar surface area (TPSA) is 82.8 Å². The van der Waals surface area contributed by atoms with Crippen molar-refractivity contribution < 1.29 is 19.0 Å². The van der Waals surface area contributed by atoms with Crippen molar-refractivity contribution >= 4 is 11.6 Å². The molecule has 6 heteroatoms. The molecule has 0 unspecified atom stereocenters. The summed E-state index contributed by atoms with van der Waals surface area (Å²) in [6, 6.07) is 14.3. The van der Waals surface area contributed by atoms with Crippen molar-refractivity contribution in [3.05, 3.63) is 48.5 Å². The normalized spacial score (nSPS) is 10.2. The molecule has 0 aromatic heterocycles. The zero-order valence-corrected chi connectivity index (χ0v) is 14.4. The van der Waals surface area contributed by atoms with Crippen molar-refractivity contribution in [1.29, 1.82) is 0 Å². The number of amides is 1. The van der Waals surface area contributed by atoms with E-state index >= 15 is 0 Å². The van der Waals surface area contributed by atoms with Crippen LogP contribution in [0.2, 0.25) is 0 Å². The lowest BCUT2D eigenvalue weighted by molar-refractivity contribution is -0.118. The van der Waals surface area contributed by atoms with Crippen LogP contribution in [0.4, 0.5) is 5.69 Å². The van der Waals surface area contributed by atoms with Crippen LogP contribution in [0.1, 0.15) is 13.3 Å². The van der Waals surface area contributed by atoms with Crippen LogP contribution >= 0.6 is 0 Å². The number of nitrogens with two attached hydrogens (primary N) is 1. The molecule has 134 valence electrons. The van der Waals surface area contributed by atoms with Crippen molar-refractivity contribution in [2.75, 3.05) is 31.7 Å². The minimum absolute atomic E-state index is 0.0689. The predicted molar refractivity (Wildman–Crippen MR) is 97.3 cm³/mol. The maximum absolute atomic E-state index is 11.9. The van der Waals surface area contributed by atoms with Crippen LogP contribution in [0.5, 0.6) is 17.2 Å². The summed E-state index contributed by atoms with van der Waals surface area (Å²) in [4.78, 5) is 11.9. The van der Waals surface area contributed by atoms with E-state index in [-0.39, 0.29) is 12.5 Å². The van der Waals surface area contributed by atoms with Crippen molar-refractivity contribution in [1.82, 2.24) is 0 Å². The molecule has 2 rings (SSSR count). The third kappa shape index (κ3) is 6.73. The lowest BCUT2D eigenvalue weighted by Crippen LogP contribution is -2.20. The Hall–Kier alpha value is -2.73. The molecule has 0 heterocycles. The molecule has 0 aliphatic heterocycles. The SMILES string of the molecule is CCCOc1ccc(OCC(=O)Nc2ccc(OCCN)cc2)cc1. The minimum Gasteiger partial charge on any atom is -0.494 e. The molecule has 0 saturated heterocycles. The first kappa shape index (κ1) is 18.6. The van der Waals surface area contributed by atoms with Gasteiger partial charge in [0.05, 0.1) is 6.61 Å². The molecular formula is C19H24N2O4. The molecule has 3 N–H and O–H groups in total. The number of anilines is 1. The number of benzene rings is 2. The van der Waals surface area contributed by atoms with Gasteiger partial charge in [0.15, 0.2) is 6.61 Å². The van der Waals surface area contributed by atoms with E-state index in [0.717, 1.165) is 12.2 Å². The summed E-state index contributed by atoms with van der Waals surface area (Å²) in [5.41, 5.74) is 6.06. The number of rotatable bonds is 10. The molecule has 0 radical (unpaired) electrons. The summed E-state index contributed by atoms with van der Waals surface area (Å²) in [7, 11) is 0. The van der Waals surface area contributed by atoms with Gasteiger partial charge in [-0.2, -0.15) is 0 Å². The monoisotopic (exact) mass is 344 g/mol. The fraction of sp³-hybridized carbons (Fsp3) is 0.316. The van der Waals surface area contributed by atoms with Gasteiger partial charge in [0, 0.05) is 12.2 Å². The molecule has 1 amide bonds. The van der Waals surface area contributed by atoms with Gasteiger partial charge in [0.2, 0.25) is 0 Å². The van der Waals surface area contributed by atoms with E-state index in [4.69, 9.17) is 19.9 Å². The minimum atomic E-state index is -0.234. The van der Waals surface area contributed by atoms with Gasteiger partial charge in [-0.1, -0.05) is 6.92 Å². The van der Waals surface area contributed by atoms with E-state index in [9.17, 15) is 4.79 Å². The maximum Gasteiger partial charge on any atom is 0.262 e. The molecule has 25 heavy (non-hydrogen) atoms. The zero-order chi connectivity index (χ0) is 17.9. The van der Waals surface area contributed by atoms with Crippen LogP contribution in [0.3, 0.4) is 0 Å². The summed E-state index contributed by atoms with van der Waals surface area (Å²) in [6.07, 6.45) is 0.957. The molecule has 2 aromatic rings. The highest BCUT2D eigenvalue weighted by atomic mass is 16.5. The first-order valence-electron chi connectivity index (χ1n) is 8.29. The van der Waals surface area contributed by atoms with Gasteiger partial charge in [-0.05, 0) is 55.0 Å². The van der Waals surface area contributed by atoms with Gasteiger partial charge in [-0.15, -0.1) is 0 Å². The lowest BCUT2D eigenvalue weighted by Gasteiger charge is -2.09. The predicted octanol–water partition coefficient (Wildman–Crippen LogP) is 2.83. The number of nitrogens with one attached hydrogen (secondary N) is 1. The first-order valence-corrected chi connectivity index (χ1v) is 8.29. The quantitative estimate of drug-likeness (QED) is 0.692. The Kier molecular flexibility index (Phi) is 7.59.